The van der Waals surface area contributed by atoms with Gasteiger partial charge < -0.3 is 16.0 Å². The molecule has 0 saturated carbocycles. The molecule has 3 aromatic rings. The molecule has 0 aliphatic rings. The van der Waals surface area contributed by atoms with Crippen molar-refractivity contribution in [2.24, 2.45) is 0 Å². The number of nitrogens with zero attached hydrogens (tertiary/aromatic N) is 2. The van der Waals surface area contributed by atoms with E-state index in [-0.39, 0.29) is 38.5 Å². The number of anilines is 1. The number of benzene rings is 2. The molecule has 8 heteroatoms. The van der Waals surface area contributed by atoms with E-state index in [2.05, 4.69) is 10.3 Å². The number of aromatic nitrogens is 1. The minimum atomic E-state index is -0.988. The number of nitrogen functional groups attached to an aromatic ring is 1. The fourth-order valence-corrected chi connectivity index (χ4v) is 3.52. The van der Waals surface area contributed by atoms with Gasteiger partial charge in [-0.15, -0.1) is 0 Å². The molecule has 1 atom stereocenters. The van der Waals surface area contributed by atoms with Gasteiger partial charge in [-0.05, 0) is 61.6 Å². The molecule has 2 aromatic carbocycles. The molecule has 176 valence electrons. The largest absolute Gasteiger partial charge is 0.383 e. The molecule has 1 heterocycles. The summed E-state index contributed by atoms with van der Waals surface area (Å²) in [6, 6.07) is 10.2. The van der Waals surface area contributed by atoms with Crippen LogP contribution in [0.3, 0.4) is 0 Å². The monoisotopic (exact) mass is 456 g/mol. The number of rotatable bonds is 9. The number of Topliss-reactive ketones (excluding diaryl/α,β-unsaturated/α-hetero) is 1. The Hall–Kier alpha value is -3.39. The third-order valence-corrected chi connectivity index (χ3v) is 5.13. The van der Waals surface area contributed by atoms with Crippen molar-refractivity contribution in [3.63, 3.8) is 0 Å². The Balaban J connectivity index is 0.00000385. The Morgan fingerprint density at radius 3 is 2.48 bits per heavy atom. The summed E-state index contributed by atoms with van der Waals surface area (Å²) in [6.45, 7) is 0.113. The summed E-state index contributed by atoms with van der Waals surface area (Å²) in [4.78, 5) is 31.0. The number of carbonyl (C=O) groups excluding carboxylic acids is 2. The molecular weight excluding hydrogens is 426 g/mol. The lowest BCUT2D eigenvalue weighted by atomic mass is 9.97. The SMILES string of the molecule is C.CN(C)CC(=O)N[C@@H](Cc1ccc(F)c(F)c1)C(=O)CCc1ccc2c(N)nccc2c1. The van der Waals surface area contributed by atoms with Gasteiger partial charge in [0.2, 0.25) is 5.91 Å². The number of nitrogens with two attached hydrogens (primary N) is 1. The third kappa shape index (κ3) is 7.05. The van der Waals surface area contributed by atoms with Crippen molar-refractivity contribution in [1.82, 2.24) is 15.2 Å². The van der Waals surface area contributed by atoms with Crippen LogP contribution in [0, 0.1) is 11.6 Å². The number of likely N-dealkylation sites (N-methyl/N-ethyl adjacent to an activating group) is 1. The zero-order valence-corrected chi connectivity index (χ0v) is 18.1. The van der Waals surface area contributed by atoms with Gasteiger partial charge in [0.15, 0.2) is 17.4 Å². The molecule has 0 spiro atoms. The second-order valence-electron chi connectivity index (χ2n) is 8.03. The smallest absolute Gasteiger partial charge is 0.234 e. The maximum Gasteiger partial charge on any atom is 0.234 e. The standard InChI is InChI=1S/C24H26F2N4O2.CH4/c1-30(2)14-23(32)29-21(13-16-4-7-19(25)20(26)12-16)22(31)8-5-15-3-6-18-17(11-15)9-10-28-24(18)27;/h3-4,6-7,9-12,21H,5,8,13-14H2,1-2H3,(H2,27,28)(H,29,32);1H4/t21-;/m0./s1. The summed E-state index contributed by atoms with van der Waals surface area (Å²) < 4.78 is 26.9. The second-order valence-corrected chi connectivity index (χ2v) is 8.03. The molecule has 1 amide bonds. The summed E-state index contributed by atoms with van der Waals surface area (Å²) in [5.41, 5.74) is 7.26. The molecule has 0 aliphatic carbocycles. The van der Waals surface area contributed by atoms with Crippen molar-refractivity contribution in [2.45, 2.75) is 32.7 Å². The number of hydrogen-bond acceptors (Lipinski definition) is 5. The lowest BCUT2D eigenvalue weighted by Crippen LogP contribution is -2.45. The van der Waals surface area contributed by atoms with Crippen LogP contribution in [-0.4, -0.2) is 48.3 Å². The topological polar surface area (TPSA) is 88.3 Å². The van der Waals surface area contributed by atoms with Gasteiger partial charge in [-0.2, -0.15) is 0 Å². The lowest BCUT2D eigenvalue weighted by molar-refractivity contribution is -0.128. The quantitative estimate of drug-likeness (QED) is 0.514. The van der Waals surface area contributed by atoms with Crippen molar-refractivity contribution in [2.75, 3.05) is 26.4 Å². The van der Waals surface area contributed by atoms with E-state index in [4.69, 9.17) is 5.73 Å². The Labute approximate surface area is 192 Å². The number of amides is 1. The van der Waals surface area contributed by atoms with E-state index in [0.717, 1.165) is 28.5 Å². The van der Waals surface area contributed by atoms with Crippen molar-refractivity contribution in [1.29, 1.82) is 0 Å². The van der Waals surface area contributed by atoms with E-state index in [1.165, 1.54) is 6.07 Å². The van der Waals surface area contributed by atoms with Crippen LogP contribution < -0.4 is 11.1 Å². The highest BCUT2D eigenvalue weighted by Gasteiger charge is 2.22. The first-order valence-electron chi connectivity index (χ1n) is 10.3. The average molecular weight is 457 g/mol. The van der Waals surface area contributed by atoms with Gasteiger partial charge in [0, 0.05) is 18.0 Å². The average Bonchev–Trinajstić information content (AvgIpc) is 2.73. The Morgan fingerprint density at radius 1 is 1.06 bits per heavy atom. The summed E-state index contributed by atoms with van der Waals surface area (Å²) in [6.07, 6.45) is 2.36. The number of fused-ring (bicyclic) bond motifs is 1. The van der Waals surface area contributed by atoms with Crippen LogP contribution in [0.4, 0.5) is 14.6 Å². The number of nitrogens with one attached hydrogen (secondary N) is 1. The van der Waals surface area contributed by atoms with Crippen LogP contribution in [0.2, 0.25) is 0 Å². The molecule has 0 saturated heterocycles. The molecule has 3 N–H and O–H groups in total. The first-order valence-corrected chi connectivity index (χ1v) is 10.3. The van der Waals surface area contributed by atoms with Gasteiger partial charge in [-0.3, -0.25) is 9.59 Å². The summed E-state index contributed by atoms with van der Waals surface area (Å²) in [7, 11) is 3.49. The summed E-state index contributed by atoms with van der Waals surface area (Å²) >= 11 is 0. The normalized spacial score (nSPS) is 11.8. The molecule has 0 radical (unpaired) electrons. The van der Waals surface area contributed by atoms with Crippen molar-refractivity contribution >= 4 is 28.3 Å². The molecule has 3 rings (SSSR count). The molecule has 33 heavy (non-hydrogen) atoms. The van der Waals surface area contributed by atoms with E-state index in [9.17, 15) is 18.4 Å². The molecule has 0 fully saturated rings. The molecule has 0 unspecified atom stereocenters. The summed E-state index contributed by atoms with van der Waals surface area (Å²) in [5.74, 6) is -2.00. The third-order valence-electron chi connectivity index (χ3n) is 5.13. The molecule has 0 aliphatic heterocycles. The van der Waals surface area contributed by atoms with Crippen molar-refractivity contribution in [3.05, 3.63) is 71.4 Å². The highest BCUT2D eigenvalue weighted by Crippen LogP contribution is 2.21. The van der Waals surface area contributed by atoms with E-state index in [1.807, 2.05) is 24.3 Å². The maximum atomic E-state index is 13.6. The van der Waals surface area contributed by atoms with Crippen LogP contribution in [0.5, 0.6) is 0 Å². The number of ketones is 1. The van der Waals surface area contributed by atoms with Gasteiger partial charge in [0.1, 0.15) is 5.82 Å². The van der Waals surface area contributed by atoms with Crippen LogP contribution >= 0.6 is 0 Å². The Kier molecular flexibility index (Phi) is 8.99. The molecule has 6 nitrogen and oxygen atoms in total. The molecule has 0 bridgehead atoms. The van der Waals surface area contributed by atoms with Gasteiger partial charge in [0.05, 0.1) is 12.6 Å². The van der Waals surface area contributed by atoms with Gasteiger partial charge in [-0.1, -0.05) is 31.7 Å². The zero-order valence-electron chi connectivity index (χ0n) is 18.1. The lowest BCUT2D eigenvalue weighted by Gasteiger charge is -2.19. The second kappa shape index (κ2) is 11.5. The van der Waals surface area contributed by atoms with Crippen molar-refractivity contribution < 1.29 is 18.4 Å². The molecular formula is C25H30F2N4O2. The predicted octanol–water partition coefficient (Wildman–Crippen LogP) is 3.52. The first-order chi connectivity index (χ1) is 15.2. The predicted molar refractivity (Wildman–Crippen MR) is 127 cm³/mol. The Morgan fingerprint density at radius 2 is 1.79 bits per heavy atom. The van der Waals surface area contributed by atoms with Gasteiger partial charge >= 0.3 is 0 Å². The highest BCUT2D eigenvalue weighted by atomic mass is 19.2. The van der Waals surface area contributed by atoms with Crippen LogP contribution in [-0.2, 0) is 22.4 Å². The van der Waals surface area contributed by atoms with E-state index >= 15 is 0 Å². The first kappa shape index (κ1) is 25.9. The Bertz CT molecular complexity index is 1130. The van der Waals surface area contributed by atoms with E-state index in [0.29, 0.717) is 17.8 Å². The molecule has 1 aromatic heterocycles. The van der Waals surface area contributed by atoms with Crippen LogP contribution in [0.25, 0.3) is 10.8 Å². The number of pyridine rings is 1. The van der Waals surface area contributed by atoms with Gasteiger partial charge in [-0.25, -0.2) is 13.8 Å². The zero-order chi connectivity index (χ0) is 23.3. The number of aryl methyl sites for hydroxylation is 1. The minimum absolute atomic E-state index is 0. The van der Waals surface area contributed by atoms with Gasteiger partial charge in [0.25, 0.3) is 0 Å². The van der Waals surface area contributed by atoms with Crippen LogP contribution in [0.15, 0.2) is 48.7 Å². The fraction of sp³-hybridized carbons (Fsp3) is 0.320. The maximum absolute atomic E-state index is 13.6. The number of carbonyl (C=O) groups is 2. The highest BCUT2D eigenvalue weighted by molar-refractivity contribution is 5.92. The van der Waals surface area contributed by atoms with E-state index < -0.39 is 17.7 Å². The summed E-state index contributed by atoms with van der Waals surface area (Å²) in [5, 5.41) is 4.51. The fourth-order valence-electron chi connectivity index (χ4n) is 3.52. The van der Waals surface area contributed by atoms with Crippen molar-refractivity contribution in [3.8, 4) is 0 Å². The number of hydrogen-bond donors (Lipinski definition) is 2. The minimum Gasteiger partial charge on any atom is -0.383 e. The van der Waals surface area contributed by atoms with Crippen LogP contribution in [0.1, 0.15) is 25.0 Å². The van der Waals surface area contributed by atoms with E-state index in [1.54, 1.807) is 25.2 Å². The number of halogens is 2.